The normalized spacial score (nSPS) is 26.2. The molecule has 1 aromatic carbocycles. The summed E-state index contributed by atoms with van der Waals surface area (Å²) >= 11 is 0. The number of fused-ring (bicyclic) bond motifs is 1. The van der Waals surface area contributed by atoms with Crippen LogP contribution in [-0.4, -0.2) is 20.2 Å². The Bertz CT molecular complexity index is 460. The lowest BCUT2D eigenvalue weighted by molar-refractivity contribution is 0.295. The van der Waals surface area contributed by atoms with E-state index >= 15 is 0 Å². The van der Waals surface area contributed by atoms with Crippen molar-refractivity contribution in [2.75, 3.05) is 20.2 Å². The van der Waals surface area contributed by atoms with Crippen molar-refractivity contribution in [3.8, 4) is 5.75 Å². The molecule has 0 radical (unpaired) electrons. The lowest BCUT2D eigenvalue weighted by atomic mass is 9.79. The molecule has 1 atom stereocenters. The fourth-order valence-electron chi connectivity index (χ4n) is 4.03. The van der Waals surface area contributed by atoms with E-state index in [1.165, 1.54) is 37.9 Å². The first kappa shape index (κ1) is 13.0. The van der Waals surface area contributed by atoms with Crippen molar-refractivity contribution in [1.29, 1.82) is 0 Å². The molecule has 0 bridgehead atoms. The number of rotatable bonds is 2. The van der Waals surface area contributed by atoms with Gasteiger partial charge in [0.15, 0.2) is 0 Å². The van der Waals surface area contributed by atoms with E-state index in [2.05, 4.69) is 37.4 Å². The molecule has 0 spiro atoms. The van der Waals surface area contributed by atoms with Crippen molar-refractivity contribution in [2.45, 2.75) is 44.4 Å². The van der Waals surface area contributed by atoms with E-state index in [1.807, 2.05) is 0 Å². The van der Waals surface area contributed by atoms with Gasteiger partial charge in [-0.3, -0.25) is 0 Å². The fraction of sp³-hybridized carbons (Fsp3) is 0.647. The predicted molar refractivity (Wildman–Crippen MR) is 79.0 cm³/mol. The zero-order chi connectivity index (χ0) is 13.5. The van der Waals surface area contributed by atoms with Crippen LogP contribution in [0.5, 0.6) is 5.75 Å². The highest BCUT2D eigenvalue weighted by Gasteiger charge is 2.40. The Morgan fingerprint density at radius 1 is 1.21 bits per heavy atom. The van der Waals surface area contributed by atoms with Gasteiger partial charge in [0.25, 0.3) is 0 Å². The molecule has 3 rings (SSSR count). The summed E-state index contributed by atoms with van der Waals surface area (Å²) in [4.78, 5) is 0. The van der Waals surface area contributed by atoms with E-state index in [4.69, 9.17) is 4.74 Å². The third-order valence-electron chi connectivity index (χ3n) is 5.07. The molecule has 19 heavy (non-hydrogen) atoms. The molecular formula is C17H25NO. The summed E-state index contributed by atoms with van der Waals surface area (Å²) in [6.45, 7) is 7.14. The molecule has 1 unspecified atom stereocenters. The highest BCUT2D eigenvalue weighted by molar-refractivity contribution is 5.46. The number of methoxy groups -OCH3 is 1. The molecule has 1 N–H and O–H groups in total. The van der Waals surface area contributed by atoms with Gasteiger partial charge in [-0.15, -0.1) is 0 Å². The van der Waals surface area contributed by atoms with Crippen LogP contribution in [0.1, 0.15) is 50.2 Å². The topological polar surface area (TPSA) is 21.3 Å². The van der Waals surface area contributed by atoms with Gasteiger partial charge in [0.1, 0.15) is 5.75 Å². The van der Waals surface area contributed by atoms with Crippen molar-refractivity contribution in [1.82, 2.24) is 5.32 Å². The van der Waals surface area contributed by atoms with E-state index in [-0.39, 0.29) is 0 Å². The number of hydrogen-bond acceptors (Lipinski definition) is 2. The largest absolute Gasteiger partial charge is 0.497 e. The molecule has 1 fully saturated rings. The Kier molecular flexibility index (Phi) is 3.30. The first-order valence-electron chi connectivity index (χ1n) is 7.51. The maximum Gasteiger partial charge on any atom is 0.119 e. The smallest absolute Gasteiger partial charge is 0.119 e. The molecule has 1 aromatic rings. The van der Waals surface area contributed by atoms with Gasteiger partial charge in [0.2, 0.25) is 0 Å². The van der Waals surface area contributed by atoms with E-state index in [0.717, 1.165) is 17.6 Å². The van der Waals surface area contributed by atoms with Crippen molar-refractivity contribution >= 4 is 0 Å². The third-order valence-corrected chi connectivity index (χ3v) is 5.07. The van der Waals surface area contributed by atoms with Crippen LogP contribution in [-0.2, 0) is 5.41 Å². The highest BCUT2D eigenvalue weighted by atomic mass is 16.5. The second-order valence-corrected chi connectivity index (χ2v) is 6.74. The predicted octanol–water partition coefficient (Wildman–Crippen LogP) is 3.46. The molecule has 1 saturated heterocycles. The second kappa shape index (κ2) is 4.82. The molecule has 0 saturated carbocycles. The highest BCUT2D eigenvalue weighted by Crippen LogP contribution is 2.51. The van der Waals surface area contributed by atoms with Crippen molar-refractivity contribution in [2.24, 2.45) is 5.92 Å². The van der Waals surface area contributed by atoms with Gasteiger partial charge in [-0.2, -0.15) is 0 Å². The van der Waals surface area contributed by atoms with Crippen molar-refractivity contribution in [3.05, 3.63) is 29.3 Å². The summed E-state index contributed by atoms with van der Waals surface area (Å²) in [6, 6.07) is 6.69. The van der Waals surface area contributed by atoms with Crippen molar-refractivity contribution < 1.29 is 4.74 Å². The zero-order valence-corrected chi connectivity index (χ0v) is 12.3. The van der Waals surface area contributed by atoms with Crippen LogP contribution in [0, 0.1) is 5.92 Å². The lowest BCUT2D eigenvalue weighted by Crippen LogP contribution is -2.30. The summed E-state index contributed by atoms with van der Waals surface area (Å²) < 4.78 is 5.43. The van der Waals surface area contributed by atoms with Gasteiger partial charge in [-0.05, 0) is 72.9 Å². The maximum absolute atomic E-state index is 5.43. The number of hydrogen-bond donors (Lipinski definition) is 1. The number of nitrogens with one attached hydrogen (secondary N) is 1. The van der Waals surface area contributed by atoms with Crippen LogP contribution in [0.3, 0.4) is 0 Å². The monoisotopic (exact) mass is 259 g/mol. The van der Waals surface area contributed by atoms with Gasteiger partial charge < -0.3 is 10.1 Å². The van der Waals surface area contributed by atoms with Crippen LogP contribution in [0.4, 0.5) is 0 Å². The SMILES string of the molecule is COc1ccc2c(c1)C(C1CCNCC1)CC2(C)C. The Morgan fingerprint density at radius 2 is 1.95 bits per heavy atom. The average Bonchev–Trinajstić information content (AvgIpc) is 2.71. The first-order chi connectivity index (χ1) is 9.12. The third kappa shape index (κ3) is 2.27. The standard InChI is InChI=1S/C17H25NO/c1-17(2)11-15(12-6-8-18-9-7-12)14-10-13(19-3)4-5-16(14)17/h4-5,10,12,15,18H,6-9,11H2,1-3H3. The molecule has 104 valence electrons. The molecule has 2 heteroatoms. The Morgan fingerprint density at radius 3 is 2.63 bits per heavy atom. The number of ether oxygens (including phenoxy) is 1. The Labute approximate surface area is 116 Å². The van der Waals surface area contributed by atoms with E-state index in [0.29, 0.717) is 5.41 Å². The fourth-order valence-corrected chi connectivity index (χ4v) is 4.03. The van der Waals surface area contributed by atoms with E-state index in [1.54, 1.807) is 12.7 Å². The van der Waals surface area contributed by atoms with Crippen molar-refractivity contribution in [3.63, 3.8) is 0 Å². The van der Waals surface area contributed by atoms with Gasteiger partial charge in [-0.25, -0.2) is 0 Å². The zero-order valence-electron chi connectivity index (χ0n) is 12.3. The summed E-state index contributed by atoms with van der Waals surface area (Å²) in [5, 5.41) is 3.48. The molecule has 0 amide bonds. The lowest BCUT2D eigenvalue weighted by Gasteiger charge is -2.29. The summed E-state index contributed by atoms with van der Waals surface area (Å²) in [7, 11) is 1.77. The van der Waals surface area contributed by atoms with Gasteiger partial charge in [0.05, 0.1) is 7.11 Å². The number of piperidine rings is 1. The number of benzene rings is 1. The van der Waals surface area contributed by atoms with Crippen LogP contribution in [0.2, 0.25) is 0 Å². The minimum Gasteiger partial charge on any atom is -0.497 e. The first-order valence-corrected chi connectivity index (χ1v) is 7.51. The van der Waals surface area contributed by atoms with E-state index in [9.17, 15) is 0 Å². The summed E-state index contributed by atoms with van der Waals surface area (Å²) in [5.41, 5.74) is 3.41. The summed E-state index contributed by atoms with van der Waals surface area (Å²) in [6.07, 6.45) is 3.93. The van der Waals surface area contributed by atoms with Crippen LogP contribution in [0.25, 0.3) is 0 Å². The molecule has 2 nitrogen and oxygen atoms in total. The molecule has 0 aromatic heterocycles. The van der Waals surface area contributed by atoms with E-state index < -0.39 is 0 Å². The Hall–Kier alpha value is -1.02. The molecular weight excluding hydrogens is 234 g/mol. The quantitative estimate of drug-likeness (QED) is 0.878. The Balaban J connectivity index is 1.96. The van der Waals surface area contributed by atoms with Gasteiger partial charge >= 0.3 is 0 Å². The maximum atomic E-state index is 5.43. The minimum absolute atomic E-state index is 0.317. The molecule has 1 aliphatic carbocycles. The molecule has 1 heterocycles. The van der Waals surface area contributed by atoms with Crippen LogP contribution >= 0.6 is 0 Å². The average molecular weight is 259 g/mol. The summed E-state index contributed by atoms with van der Waals surface area (Å²) in [5.74, 6) is 2.58. The minimum atomic E-state index is 0.317. The van der Waals surface area contributed by atoms with Gasteiger partial charge in [-0.1, -0.05) is 19.9 Å². The second-order valence-electron chi connectivity index (χ2n) is 6.74. The molecule has 1 aliphatic heterocycles. The molecule has 2 aliphatic rings. The van der Waals surface area contributed by atoms with Crippen LogP contribution < -0.4 is 10.1 Å². The van der Waals surface area contributed by atoms with Gasteiger partial charge in [0, 0.05) is 0 Å². The van der Waals surface area contributed by atoms with Crippen LogP contribution in [0.15, 0.2) is 18.2 Å².